The molecule has 1 spiro atoms. The first-order valence-corrected chi connectivity index (χ1v) is 9.08. The number of carbonyl (C=O) groups is 2. The zero-order chi connectivity index (χ0) is 17.1. The molecular weight excluding hydrogens is 308 g/mol. The highest BCUT2D eigenvalue weighted by Gasteiger charge is 2.83. The Morgan fingerprint density at radius 2 is 2.08 bits per heavy atom. The maximum atomic E-state index is 12.7. The Kier molecular flexibility index (Phi) is 2.53. The molecule has 2 N–H and O–H groups in total. The third-order valence-electron chi connectivity index (χ3n) is 8.26. The van der Waals surface area contributed by atoms with Crippen molar-refractivity contribution < 1.29 is 24.5 Å². The standard InChI is InChI=1S/C19H24O5/c1-9-7-18-8-10(9)6-11(20)13(18)19-5-3-4-17(2,16(23)24-19)14(19)12(18)15(21)22/h10-14,20H,1,3-8H2,2H3,(H,21,22)/t10-,11+,12-,13-,14-,17-,18-,19-/m1/s1. The number of aliphatic hydroxyl groups is 1. The van der Waals surface area contributed by atoms with Gasteiger partial charge in [0.05, 0.1) is 17.4 Å². The third-order valence-corrected chi connectivity index (χ3v) is 8.26. The molecule has 1 heterocycles. The minimum absolute atomic E-state index is 0.205. The molecule has 0 amide bonds. The number of carbonyl (C=O) groups excluding carboxylic acids is 1. The highest BCUT2D eigenvalue weighted by molar-refractivity contribution is 5.84. The maximum absolute atomic E-state index is 12.7. The van der Waals surface area contributed by atoms with Gasteiger partial charge in [0.1, 0.15) is 5.60 Å². The summed E-state index contributed by atoms with van der Waals surface area (Å²) in [5, 5.41) is 21.1. The molecule has 0 aromatic carbocycles. The molecule has 5 rings (SSSR count). The summed E-state index contributed by atoms with van der Waals surface area (Å²) in [4.78, 5) is 25.1. The lowest BCUT2D eigenvalue weighted by Crippen LogP contribution is -2.51. The number of hydrogen-bond acceptors (Lipinski definition) is 4. The number of allylic oxidation sites excluding steroid dienone is 1. The molecule has 0 aromatic rings. The fourth-order valence-corrected chi connectivity index (χ4v) is 7.78. The number of rotatable bonds is 1. The summed E-state index contributed by atoms with van der Waals surface area (Å²) < 4.78 is 6.01. The van der Waals surface area contributed by atoms with Crippen LogP contribution in [0.5, 0.6) is 0 Å². The number of fused-ring (bicyclic) bond motifs is 1. The highest BCUT2D eigenvalue weighted by atomic mass is 16.6. The van der Waals surface area contributed by atoms with Crippen LogP contribution in [0.3, 0.4) is 0 Å². The molecule has 4 bridgehead atoms. The van der Waals surface area contributed by atoms with E-state index in [2.05, 4.69) is 6.58 Å². The van der Waals surface area contributed by atoms with Gasteiger partial charge in [-0.15, -0.1) is 0 Å². The van der Waals surface area contributed by atoms with Crippen molar-refractivity contribution in [1.82, 2.24) is 0 Å². The van der Waals surface area contributed by atoms with Gasteiger partial charge in [-0.3, -0.25) is 9.59 Å². The average molecular weight is 332 g/mol. The van der Waals surface area contributed by atoms with Crippen LogP contribution in [-0.4, -0.2) is 33.9 Å². The Bertz CT molecular complexity index is 685. The molecular formula is C19H24O5. The smallest absolute Gasteiger partial charge is 0.312 e. The molecule has 4 saturated carbocycles. The monoisotopic (exact) mass is 332 g/mol. The minimum atomic E-state index is -0.833. The molecule has 4 aliphatic carbocycles. The van der Waals surface area contributed by atoms with Crippen LogP contribution in [0.2, 0.25) is 0 Å². The van der Waals surface area contributed by atoms with Crippen LogP contribution < -0.4 is 0 Å². The maximum Gasteiger partial charge on any atom is 0.312 e. The number of carboxylic acid groups (broad SMARTS) is 1. The van der Waals surface area contributed by atoms with Crippen molar-refractivity contribution in [2.24, 2.45) is 34.5 Å². The topological polar surface area (TPSA) is 83.8 Å². The van der Waals surface area contributed by atoms with Gasteiger partial charge >= 0.3 is 11.9 Å². The summed E-state index contributed by atoms with van der Waals surface area (Å²) in [5.74, 6) is -2.10. The lowest BCUT2D eigenvalue weighted by molar-refractivity contribution is -0.168. The van der Waals surface area contributed by atoms with Crippen LogP contribution in [-0.2, 0) is 14.3 Å². The normalized spacial score (nSPS) is 57.5. The van der Waals surface area contributed by atoms with Gasteiger partial charge in [-0.25, -0.2) is 0 Å². The van der Waals surface area contributed by atoms with Crippen LogP contribution >= 0.6 is 0 Å². The average Bonchev–Trinajstić information content (AvgIpc) is 2.92. The summed E-state index contributed by atoms with van der Waals surface area (Å²) in [6.07, 6.45) is 3.67. The largest absolute Gasteiger partial charge is 0.481 e. The fraction of sp³-hybridized carbons (Fsp3) is 0.789. The Labute approximate surface area is 141 Å². The molecule has 0 radical (unpaired) electrons. The Morgan fingerprint density at radius 1 is 1.33 bits per heavy atom. The molecule has 1 saturated heterocycles. The van der Waals surface area contributed by atoms with E-state index in [4.69, 9.17) is 4.74 Å². The predicted octanol–water partition coefficient (Wildman–Crippen LogP) is 2.14. The van der Waals surface area contributed by atoms with Crippen molar-refractivity contribution in [3.8, 4) is 0 Å². The molecule has 5 aliphatic rings. The second-order valence-electron chi connectivity index (χ2n) is 9.16. The van der Waals surface area contributed by atoms with Gasteiger partial charge in [-0.2, -0.15) is 0 Å². The summed E-state index contributed by atoms with van der Waals surface area (Å²) in [6, 6.07) is 0. The molecule has 130 valence electrons. The first-order valence-electron chi connectivity index (χ1n) is 9.08. The zero-order valence-corrected chi connectivity index (χ0v) is 14.0. The van der Waals surface area contributed by atoms with E-state index in [-0.39, 0.29) is 23.7 Å². The van der Waals surface area contributed by atoms with Crippen LogP contribution in [0.1, 0.15) is 45.4 Å². The lowest BCUT2D eigenvalue weighted by Gasteiger charge is -2.46. The molecule has 5 fully saturated rings. The van der Waals surface area contributed by atoms with Gasteiger partial charge in [0.25, 0.3) is 0 Å². The van der Waals surface area contributed by atoms with E-state index in [0.717, 1.165) is 18.4 Å². The van der Waals surface area contributed by atoms with Crippen LogP contribution in [0.4, 0.5) is 0 Å². The van der Waals surface area contributed by atoms with Gasteiger partial charge in [0.15, 0.2) is 0 Å². The van der Waals surface area contributed by atoms with Crippen LogP contribution in [0.15, 0.2) is 12.2 Å². The van der Waals surface area contributed by atoms with Gasteiger partial charge in [-0.05, 0) is 56.8 Å². The van der Waals surface area contributed by atoms with E-state index in [9.17, 15) is 19.8 Å². The number of aliphatic hydroxyl groups excluding tert-OH is 1. The Morgan fingerprint density at radius 3 is 2.79 bits per heavy atom. The summed E-state index contributed by atoms with van der Waals surface area (Å²) in [6.45, 7) is 6.07. The summed E-state index contributed by atoms with van der Waals surface area (Å²) >= 11 is 0. The van der Waals surface area contributed by atoms with E-state index >= 15 is 0 Å². The molecule has 5 nitrogen and oxygen atoms in total. The van der Waals surface area contributed by atoms with Crippen molar-refractivity contribution >= 4 is 11.9 Å². The SMILES string of the molecule is C=C1C[C@]23C[C@H]1C[C@H](O)[C@H]2[C@@]12CCC[C@@](C)(C(=O)O1)[C@H]2[C@@H]3C(=O)O. The quantitative estimate of drug-likeness (QED) is 0.568. The van der Waals surface area contributed by atoms with E-state index in [1.807, 2.05) is 6.92 Å². The minimum Gasteiger partial charge on any atom is -0.481 e. The fourth-order valence-electron chi connectivity index (χ4n) is 7.78. The van der Waals surface area contributed by atoms with Gasteiger partial charge in [0.2, 0.25) is 0 Å². The highest BCUT2D eigenvalue weighted by Crippen LogP contribution is 2.77. The lowest BCUT2D eigenvalue weighted by atomic mass is 9.60. The van der Waals surface area contributed by atoms with Crippen molar-refractivity contribution in [2.75, 3.05) is 0 Å². The molecule has 1 aliphatic heterocycles. The zero-order valence-electron chi connectivity index (χ0n) is 14.0. The van der Waals surface area contributed by atoms with Gasteiger partial charge in [-0.1, -0.05) is 12.2 Å². The van der Waals surface area contributed by atoms with Crippen LogP contribution in [0, 0.1) is 34.5 Å². The van der Waals surface area contributed by atoms with Crippen molar-refractivity contribution in [1.29, 1.82) is 0 Å². The van der Waals surface area contributed by atoms with E-state index in [1.165, 1.54) is 0 Å². The third kappa shape index (κ3) is 1.32. The molecule has 24 heavy (non-hydrogen) atoms. The first-order chi connectivity index (χ1) is 11.3. The number of esters is 1. The molecule has 0 unspecified atom stereocenters. The van der Waals surface area contributed by atoms with Crippen molar-refractivity contribution in [3.05, 3.63) is 12.2 Å². The van der Waals surface area contributed by atoms with Gasteiger partial charge in [0, 0.05) is 11.8 Å². The van der Waals surface area contributed by atoms with E-state index < -0.39 is 34.4 Å². The predicted molar refractivity (Wildman–Crippen MR) is 83.8 cm³/mol. The molecule has 0 aromatic heterocycles. The van der Waals surface area contributed by atoms with Crippen molar-refractivity contribution in [2.45, 2.75) is 57.2 Å². The molecule has 5 heteroatoms. The van der Waals surface area contributed by atoms with E-state index in [0.29, 0.717) is 25.7 Å². The number of aliphatic carboxylic acids is 1. The number of hydrogen-bond donors (Lipinski definition) is 2. The Hall–Kier alpha value is -1.36. The van der Waals surface area contributed by atoms with E-state index in [1.54, 1.807) is 0 Å². The summed E-state index contributed by atoms with van der Waals surface area (Å²) in [5.41, 5.74) is -0.943. The number of carboxylic acids is 1. The first kappa shape index (κ1) is 14.9. The second kappa shape index (κ2) is 4.06. The van der Waals surface area contributed by atoms with Gasteiger partial charge < -0.3 is 14.9 Å². The molecule has 8 atom stereocenters. The Balaban J connectivity index is 1.78. The van der Waals surface area contributed by atoms with Crippen molar-refractivity contribution in [3.63, 3.8) is 0 Å². The number of ether oxygens (including phenoxy) is 1. The van der Waals surface area contributed by atoms with Crippen LogP contribution in [0.25, 0.3) is 0 Å². The second-order valence-corrected chi connectivity index (χ2v) is 9.16. The summed E-state index contributed by atoms with van der Waals surface area (Å²) in [7, 11) is 0.